The molecule has 2 atom stereocenters. The summed E-state index contributed by atoms with van der Waals surface area (Å²) < 4.78 is 23.1. The highest BCUT2D eigenvalue weighted by Crippen LogP contribution is 2.32. The average molecular weight is 260 g/mol. The van der Waals surface area contributed by atoms with Crippen molar-refractivity contribution in [2.45, 2.75) is 51.8 Å². The molecule has 0 bridgehead atoms. The van der Waals surface area contributed by atoms with Crippen LogP contribution in [0.3, 0.4) is 0 Å². The highest BCUT2D eigenvalue weighted by atomic mass is 32.2. The Morgan fingerprint density at radius 3 is 2.29 bits per heavy atom. The van der Waals surface area contributed by atoms with Crippen LogP contribution >= 0.6 is 0 Å². The lowest BCUT2D eigenvalue weighted by molar-refractivity contribution is 0.363. The van der Waals surface area contributed by atoms with Crippen molar-refractivity contribution in [2.24, 2.45) is 5.41 Å². The molecule has 1 N–H and O–H groups in total. The predicted molar refractivity (Wildman–Crippen MR) is 70.9 cm³/mol. The molecule has 0 aromatic carbocycles. The second kappa shape index (κ2) is 4.37. The number of nitrogens with one attached hydrogen (secondary N) is 1. The van der Waals surface area contributed by atoms with Crippen LogP contribution in [0.15, 0.2) is 12.7 Å². The lowest BCUT2D eigenvalue weighted by Crippen LogP contribution is -2.42. The summed E-state index contributed by atoms with van der Waals surface area (Å²) in [5.41, 5.74) is 0.0482. The summed E-state index contributed by atoms with van der Waals surface area (Å²) in [5.74, 6) is 0. The minimum Gasteiger partial charge on any atom is -0.225 e. The van der Waals surface area contributed by atoms with E-state index in [-0.39, 0.29) is 5.41 Å². The SMILES string of the molecule is C=CC(C)(C)CC1CN1NS(=O)(=O)C(C)(C)C. The van der Waals surface area contributed by atoms with E-state index >= 15 is 0 Å². The zero-order valence-electron chi connectivity index (χ0n) is 11.4. The van der Waals surface area contributed by atoms with Gasteiger partial charge in [0.05, 0.1) is 4.75 Å². The molecule has 4 nitrogen and oxygen atoms in total. The van der Waals surface area contributed by atoms with E-state index < -0.39 is 14.8 Å². The van der Waals surface area contributed by atoms with Gasteiger partial charge in [-0.3, -0.25) is 0 Å². The Bertz CT molecular complexity index is 393. The zero-order valence-corrected chi connectivity index (χ0v) is 12.3. The predicted octanol–water partition coefficient (Wildman–Crippen LogP) is 1.91. The van der Waals surface area contributed by atoms with Gasteiger partial charge in [0.1, 0.15) is 0 Å². The first-order valence-corrected chi connectivity index (χ1v) is 7.39. The number of sulfonamides is 1. The van der Waals surface area contributed by atoms with Gasteiger partial charge in [-0.1, -0.05) is 19.9 Å². The molecule has 0 amide bonds. The Hall–Kier alpha value is -0.390. The highest BCUT2D eigenvalue weighted by Gasteiger charge is 2.42. The molecule has 0 radical (unpaired) electrons. The van der Waals surface area contributed by atoms with Crippen LogP contribution in [0.4, 0.5) is 0 Å². The molecule has 0 saturated carbocycles. The normalized spacial score (nSPS) is 25.7. The Kier molecular flexibility index (Phi) is 3.77. The van der Waals surface area contributed by atoms with E-state index in [1.165, 1.54) is 0 Å². The van der Waals surface area contributed by atoms with E-state index in [4.69, 9.17) is 0 Å². The molecule has 1 heterocycles. The number of rotatable bonds is 5. The van der Waals surface area contributed by atoms with Crippen molar-refractivity contribution in [3.8, 4) is 0 Å². The molecular formula is C12H24N2O2S. The van der Waals surface area contributed by atoms with Gasteiger partial charge in [-0.2, -0.15) is 0 Å². The van der Waals surface area contributed by atoms with Crippen LogP contribution in [0.2, 0.25) is 0 Å². The number of hydrogen-bond donors (Lipinski definition) is 1. The maximum Gasteiger partial charge on any atom is 0.229 e. The molecular weight excluding hydrogens is 236 g/mol. The van der Waals surface area contributed by atoms with Crippen LogP contribution in [-0.4, -0.2) is 30.8 Å². The fraction of sp³-hybridized carbons (Fsp3) is 0.833. The van der Waals surface area contributed by atoms with Gasteiger partial charge in [-0.05, 0) is 32.6 Å². The Morgan fingerprint density at radius 2 is 1.88 bits per heavy atom. The van der Waals surface area contributed by atoms with Gasteiger partial charge in [-0.15, -0.1) is 11.4 Å². The van der Waals surface area contributed by atoms with E-state index in [1.807, 2.05) is 6.08 Å². The van der Waals surface area contributed by atoms with Crippen molar-refractivity contribution in [3.05, 3.63) is 12.7 Å². The lowest BCUT2D eigenvalue weighted by atomic mass is 9.88. The van der Waals surface area contributed by atoms with Crippen molar-refractivity contribution in [1.29, 1.82) is 0 Å². The van der Waals surface area contributed by atoms with Crippen LogP contribution in [0.25, 0.3) is 0 Å². The second-order valence-electron chi connectivity index (χ2n) is 6.41. The molecule has 1 rings (SSSR count). The summed E-state index contributed by atoms with van der Waals surface area (Å²) >= 11 is 0. The summed E-state index contributed by atoms with van der Waals surface area (Å²) in [6.07, 6.45) is 2.84. The molecule has 0 aliphatic carbocycles. The Morgan fingerprint density at radius 1 is 1.35 bits per heavy atom. The molecule has 0 spiro atoms. The van der Waals surface area contributed by atoms with Crippen molar-refractivity contribution < 1.29 is 8.42 Å². The van der Waals surface area contributed by atoms with Crippen molar-refractivity contribution >= 4 is 10.0 Å². The third kappa shape index (κ3) is 3.79. The van der Waals surface area contributed by atoms with Gasteiger partial charge in [0, 0.05) is 12.6 Å². The summed E-state index contributed by atoms with van der Waals surface area (Å²) in [5, 5.41) is 1.78. The molecule has 5 heteroatoms. The van der Waals surface area contributed by atoms with Gasteiger partial charge in [-0.25, -0.2) is 13.4 Å². The third-order valence-corrected chi connectivity index (χ3v) is 5.16. The maximum absolute atomic E-state index is 11.9. The first-order valence-electron chi connectivity index (χ1n) is 5.91. The molecule has 1 saturated heterocycles. The minimum absolute atomic E-state index is 0.0482. The van der Waals surface area contributed by atoms with Crippen molar-refractivity contribution in [3.63, 3.8) is 0 Å². The fourth-order valence-electron chi connectivity index (χ4n) is 1.45. The van der Waals surface area contributed by atoms with Gasteiger partial charge in [0.25, 0.3) is 0 Å². The van der Waals surface area contributed by atoms with Gasteiger partial charge in [0.2, 0.25) is 10.0 Å². The standard InChI is InChI=1S/C12H24N2O2S/c1-7-12(5,6)8-10-9-14(10)13-17(15,16)11(2,3)4/h7,10,13H,1,8-9H2,2-6H3. The smallest absolute Gasteiger partial charge is 0.225 e. The first kappa shape index (κ1) is 14.7. The first-order chi connectivity index (χ1) is 7.48. The molecule has 1 aliphatic rings. The third-order valence-electron chi connectivity index (χ3n) is 3.07. The number of nitrogens with zero attached hydrogens (tertiary/aromatic N) is 1. The number of allylic oxidation sites excluding steroid dienone is 1. The summed E-state index contributed by atoms with van der Waals surface area (Å²) in [6, 6.07) is 0.292. The molecule has 1 aliphatic heterocycles. The van der Waals surface area contributed by atoms with E-state index in [9.17, 15) is 8.42 Å². The second-order valence-corrected chi connectivity index (χ2v) is 8.82. The quantitative estimate of drug-likeness (QED) is 0.607. The molecule has 1 fully saturated rings. The van der Waals surface area contributed by atoms with Crippen molar-refractivity contribution in [2.75, 3.05) is 6.54 Å². The van der Waals surface area contributed by atoms with Crippen LogP contribution in [-0.2, 0) is 10.0 Å². The summed E-state index contributed by atoms with van der Waals surface area (Å²) in [4.78, 5) is 2.64. The van der Waals surface area contributed by atoms with E-state index in [2.05, 4.69) is 25.3 Å². The minimum atomic E-state index is -3.28. The van der Waals surface area contributed by atoms with Crippen molar-refractivity contribution in [1.82, 2.24) is 9.84 Å². The Balaban J connectivity index is 2.53. The molecule has 100 valence electrons. The zero-order chi connectivity index (χ0) is 13.5. The summed E-state index contributed by atoms with van der Waals surface area (Å²) in [6.45, 7) is 13.9. The molecule has 2 unspecified atom stereocenters. The lowest BCUT2D eigenvalue weighted by Gasteiger charge is -2.22. The van der Waals surface area contributed by atoms with Crippen LogP contribution in [0.5, 0.6) is 0 Å². The Labute approximate surface area is 105 Å². The number of hydrazine groups is 1. The van der Waals surface area contributed by atoms with Crippen LogP contribution in [0.1, 0.15) is 41.0 Å². The van der Waals surface area contributed by atoms with Gasteiger partial charge >= 0.3 is 0 Å². The van der Waals surface area contributed by atoms with Gasteiger partial charge < -0.3 is 0 Å². The van der Waals surface area contributed by atoms with E-state index in [1.54, 1.807) is 25.8 Å². The monoisotopic (exact) mass is 260 g/mol. The topological polar surface area (TPSA) is 49.2 Å². The average Bonchev–Trinajstić information content (AvgIpc) is 2.79. The largest absolute Gasteiger partial charge is 0.229 e. The maximum atomic E-state index is 11.9. The molecule has 0 aromatic heterocycles. The highest BCUT2D eigenvalue weighted by molar-refractivity contribution is 7.90. The summed E-state index contributed by atoms with van der Waals surface area (Å²) in [7, 11) is -3.28. The van der Waals surface area contributed by atoms with Gasteiger partial charge in [0.15, 0.2) is 0 Å². The van der Waals surface area contributed by atoms with E-state index in [0.717, 1.165) is 13.0 Å². The molecule has 17 heavy (non-hydrogen) atoms. The van der Waals surface area contributed by atoms with E-state index in [0.29, 0.717) is 6.04 Å². The van der Waals surface area contributed by atoms with Crippen LogP contribution in [0, 0.1) is 5.41 Å². The van der Waals surface area contributed by atoms with Crippen LogP contribution < -0.4 is 4.83 Å². The molecule has 0 aromatic rings. The fourth-order valence-corrected chi connectivity index (χ4v) is 2.25. The number of hydrogen-bond acceptors (Lipinski definition) is 3.